The van der Waals surface area contributed by atoms with E-state index in [1.54, 1.807) is 14.2 Å². The fourth-order valence-electron chi connectivity index (χ4n) is 0.896. The highest BCUT2D eigenvalue weighted by atomic mass is 16.5. The lowest BCUT2D eigenvalue weighted by Gasteiger charge is -2.16. The standard InChI is InChI=1S/C8H17N3O3/c1-11(4-3-5-14-2)8(12)6-7(9)10-13/h13H,3-6H2,1-2H3,(H2,9,10). The molecule has 0 saturated heterocycles. The molecule has 0 fully saturated rings. The van der Waals surface area contributed by atoms with Gasteiger partial charge in [0.05, 0.1) is 6.42 Å². The molecule has 0 bridgehead atoms. The lowest BCUT2D eigenvalue weighted by Crippen LogP contribution is -2.32. The molecule has 0 rings (SSSR count). The van der Waals surface area contributed by atoms with Crippen molar-refractivity contribution >= 4 is 11.7 Å². The van der Waals surface area contributed by atoms with Gasteiger partial charge in [0.2, 0.25) is 5.91 Å². The number of hydrogen-bond acceptors (Lipinski definition) is 4. The number of ether oxygens (including phenoxy) is 1. The quantitative estimate of drug-likeness (QED) is 0.202. The number of carbonyl (C=O) groups is 1. The lowest BCUT2D eigenvalue weighted by molar-refractivity contribution is -0.128. The van der Waals surface area contributed by atoms with Crippen LogP contribution in [0.3, 0.4) is 0 Å². The second-order valence-electron chi connectivity index (χ2n) is 2.93. The van der Waals surface area contributed by atoms with Crippen molar-refractivity contribution in [1.29, 1.82) is 0 Å². The Morgan fingerprint density at radius 1 is 1.64 bits per heavy atom. The summed E-state index contributed by atoms with van der Waals surface area (Å²) in [7, 11) is 3.28. The summed E-state index contributed by atoms with van der Waals surface area (Å²) in [6.07, 6.45) is 0.717. The van der Waals surface area contributed by atoms with E-state index in [9.17, 15) is 4.79 Å². The second-order valence-corrected chi connectivity index (χ2v) is 2.93. The Kier molecular flexibility index (Phi) is 6.47. The van der Waals surface area contributed by atoms with E-state index < -0.39 is 0 Å². The molecule has 1 amide bonds. The third-order valence-electron chi connectivity index (χ3n) is 1.73. The largest absolute Gasteiger partial charge is 0.409 e. The van der Waals surface area contributed by atoms with Crippen molar-refractivity contribution in [1.82, 2.24) is 4.90 Å². The van der Waals surface area contributed by atoms with E-state index in [0.29, 0.717) is 13.2 Å². The molecule has 82 valence electrons. The SMILES string of the molecule is COCCCN(C)C(=O)CC(N)=NO. The Morgan fingerprint density at radius 3 is 2.79 bits per heavy atom. The first-order chi connectivity index (χ1) is 6.61. The van der Waals surface area contributed by atoms with Crippen molar-refractivity contribution in [3.8, 4) is 0 Å². The first kappa shape index (κ1) is 12.7. The van der Waals surface area contributed by atoms with Gasteiger partial charge >= 0.3 is 0 Å². The third-order valence-corrected chi connectivity index (χ3v) is 1.73. The third kappa shape index (κ3) is 5.36. The zero-order chi connectivity index (χ0) is 11.0. The van der Waals surface area contributed by atoms with Crippen LogP contribution in [0, 0.1) is 0 Å². The van der Waals surface area contributed by atoms with Gasteiger partial charge in [-0.2, -0.15) is 0 Å². The van der Waals surface area contributed by atoms with Gasteiger partial charge in [0.25, 0.3) is 0 Å². The van der Waals surface area contributed by atoms with Gasteiger partial charge in [0, 0.05) is 27.3 Å². The summed E-state index contributed by atoms with van der Waals surface area (Å²) in [6, 6.07) is 0. The molecular formula is C8H17N3O3. The summed E-state index contributed by atoms with van der Waals surface area (Å²) in [5.41, 5.74) is 5.19. The molecule has 0 unspecified atom stereocenters. The number of carbonyl (C=O) groups excluding carboxylic acids is 1. The number of rotatable bonds is 6. The van der Waals surface area contributed by atoms with E-state index in [0.717, 1.165) is 6.42 Å². The van der Waals surface area contributed by atoms with Crippen LogP contribution < -0.4 is 5.73 Å². The van der Waals surface area contributed by atoms with Crippen molar-refractivity contribution in [3.63, 3.8) is 0 Å². The van der Waals surface area contributed by atoms with Gasteiger partial charge in [-0.15, -0.1) is 0 Å². The smallest absolute Gasteiger partial charge is 0.230 e. The maximum absolute atomic E-state index is 11.3. The minimum Gasteiger partial charge on any atom is -0.409 e. The Labute approximate surface area is 83.3 Å². The van der Waals surface area contributed by atoms with Crippen LogP contribution in [0.15, 0.2) is 5.16 Å². The van der Waals surface area contributed by atoms with Crippen LogP contribution in [0.2, 0.25) is 0 Å². The van der Waals surface area contributed by atoms with Gasteiger partial charge in [0.15, 0.2) is 0 Å². The van der Waals surface area contributed by atoms with Crippen LogP contribution in [-0.4, -0.2) is 49.2 Å². The molecule has 0 radical (unpaired) electrons. The number of nitrogens with zero attached hydrogens (tertiary/aromatic N) is 2. The zero-order valence-corrected chi connectivity index (χ0v) is 8.56. The molecule has 0 spiro atoms. The number of methoxy groups -OCH3 is 1. The average Bonchev–Trinajstić information content (AvgIpc) is 2.17. The first-order valence-electron chi connectivity index (χ1n) is 4.31. The van der Waals surface area contributed by atoms with E-state index in [4.69, 9.17) is 15.7 Å². The molecule has 0 saturated carbocycles. The number of hydrogen-bond donors (Lipinski definition) is 2. The number of amidine groups is 1. The van der Waals surface area contributed by atoms with Crippen molar-refractivity contribution in [2.45, 2.75) is 12.8 Å². The van der Waals surface area contributed by atoms with Crippen LogP contribution in [0.25, 0.3) is 0 Å². The van der Waals surface area contributed by atoms with E-state index in [1.807, 2.05) is 0 Å². The maximum atomic E-state index is 11.3. The van der Waals surface area contributed by atoms with Crippen molar-refractivity contribution < 1.29 is 14.7 Å². The summed E-state index contributed by atoms with van der Waals surface area (Å²) in [4.78, 5) is 12.8. The molecule has 0 aromatic heterocycles. The van der Waals surface area contributed by atoms with Gasteiger partial charge in [-0.1, -0.05) is 5.16 Å². The van der Waals surface area contributed by atoms with Crippen molar-refractivity contribution in [2.75, 3.05) is 27.3 Å². The van der Waals surface area contributed by atoms with E-state index >= 15 is 0 Å². The Hall–Kier alpha value is -1.30. The van der Waals surface area contributed by atoms with Crippen LogP contribution in [0.5, 0.6) is 0 Å². The molecule has 0 aliphatic carbocycles. The minimum atomic E-state index is -0.170. The highest BCUT2D eigenvalue weighted by Crippen LogP contribution is 1.93. The fraction of sp³-hybridized carbons (Fsp3) is 0.750. The number of nitrogens with two attached hydrogens (primary N) is 1. The Balaban J connectivity index is 3.76. The Bertz CT molecular complexity index is 206. The normalized spacial score (nSPS) is 11.4. The summed E-state index contributed by atoms with van der Waals surface area (Å²) < 4.78 is 4.85. The topological polar surface area (TPSA) is 88.2 Å². The van der Waals surface area contributed by atoms with Crippen molar-refractivity contribution in [3.05, 3.63) is 0 Å². The predicted octanol–water partition coefficient (Wildman–Crippen LogP) is -0.382. The molecule has 6 heteroatoms. The van der Waals surface area contributed by atoms with Crippen LogP contribution in [0.1, 0.15) is 12.8 Å². The summed E-state index contributed by atoms with van der Waals surface area (Å²) in [5.74, 6) is -0.245. The van der Waals surface area contributed by atoms with E-state index in [-0.39, 0.29) is 18.2 Å². The molecule has 0 aliphatic rings. The van der Waals surface area contributed by atoms with E-state index in [2.05, 4.69) is 5.16 Å². The molecule has 3 N–H and O–H groups in total. The number of amides is 1. The molecule has 0 aromatic rings. The second kappa shape index (κ2) is 7.14. The van der Waals surface area contributed by atoms with Gasteiger partial charge < -0.3 is 20.6 Å². The molecule has 6 nitrogen and oxygen atoms in total. The molecule has 0 heterocycles. The summed E-state index contributed by atoms with van der Waals surface area (Å²) in [5, 5.41) is 11.0. The summed E-state index contributed by atoms with van der Waals surface area (Å²) >= 11 is 0. The van der Waals surface area contributed by atoms with Gasteiger partial charge in [-0.05, 0) is 6.42 Å². The van der Waals surface area contributed by atoms with Crippen LogP contribution in [-0.2, 0) is 9.53 Å². The lowest BCUT2D eigenvalue weighted by atomic mass is 10.3. The van der Waals surface area contributed by atoms with Gasteiger partial charge in [-0.25, -0.2) is 0 Å². The van der Waals surface area contributed by atoms with E-state index in [1.165, 1.54) is 4.90 Å². The first-order valence-corrected chi connectivity index (χ1v) is 4.31. The molecule has 0 aliphatic heterocycles. The molecular weight excluding hydrogens is 186 g/mol. The Morgan fingerprint density at radius 2 is 2.29 bits per heavy atom. The number of oxime groups is 1. The molecule has 0 atom stereocenters. The highest BCUT2D eigenvalue weighted by molar-refractivity contribution is 5.98. The van der Waals surface area contributed by atoms with Crippen molar-refractivity contribution in [2.24, 2.45) is 10.9 Å². The molecule has 0 aromatic carbocycles. The monoisotopic (exact) mass is 203 g/mol. The maximum Gasteiger partial charge on any atom is 0.230 e. The summed E-state index contributed by atoms with van der Waals surface area (Å²) in [6.45, 7) is 1.21. The minimum absolute atomic E-state index is 0.0556. The average molecular weight is 203 g/mol. The van der Waals surface area contributed by atoms with Gasteiger partial charge in [-0.3, -0.25) is 4.79 Å². The van der Waals surface area contributed by atoms with Gasteiger partial charge in [0.1, 0.15) is 5.84 Å². The highest BCUT2D eigenvalue weighted by Gasteiger charge is 2.10. The van der Waals surface area contributed by atoms with Crippen LogP contribution >= 0.6 is 0 Å². The zero-order valence-electron chi connectivity index (χ0n) is 8.56. The predicted molar refractivity (Wildman–Crippen MR) is 52.2 cm³/mol. The van der Waals surface area contributed by atoms with Crippen LogP contribution in [0.4, 0.5) is 0 Å². The molecule has 14 heavy (non-hydrogen) atoms. The fourth-order valence-corrected chi connectivity index (χ4v) is 0.896.